The van der Waals surface area contributed by atoms with E-state index >= 15 is 0 Å². The minimum absolute atomic E-state index is 0.216. The highest BCUT2D eigenvalue weighted by atomic mass is 79.9. The fourth-order valence-corrected chi connectivity index (χ4v) is 1.90. The van der Waals surface area contributed by atoms with Gasteiger partial charge in [-0.1, -0.05) is 23.7 Å². The van der Waals surface area contributed by atoms with Crippen LogP contribution in [0.4, 0.5) is 13.2 Å². The lowest BCUT2D eigenvalue weighted by atomic mass is 10.2. The van der Waals surface area contributed by atoms with Gasteiger partial charge in [-0.2, -0.15) is 13.2 Å². The highest BCUT2D eigenvalue weighted by Crippen LogP contribution is 2.35. The Morgan fingerprint density at radius 1 is 1.16 bits per heavy atom. The fourth-order valence-electron chi connectivity index (χ4n) is 1.33. The molecule has 0 bridgehead atoms. The third-order valence-corrected chi connectivity index (χ3v) is 3.00. The second-order valence-corrected chi connectivity index (χ2v) is 4.79. The maximum Gasteiger partial charge on any atom is 0.416 e. The zero-order chi connectivity index (χ0) is 14.0. The molecule has 0 aliphatic heterocycles. The first-order valence-electron chi connectivity index (χ1n) is 5.03. The van der Waals surface area contributed by atoms with Crippen LogP contribution in [0.1, 0.15) is 5.56 Å². The molecule has 7 heteroatoms. The van der Waals surface area contributed by atoms with Crippen molar-refractivity contribution >= 4 is 27.5 Å². The van der Waals surface area contributed by atoms with Crippen molar-refractivity contribution in [2.24, 2.45) is 0 Å². The van der Waals surface area contributed by atoms with Gasteiger partial charge < -0.3 is 4.74 Å². The summed E-state index contributed by atoms with van der Waals surface area (Å²) in [5.41, 5.74) is -0.908. The molecule has 1 heterocycles. The van der Waals surface area contributed by atoms with Gasteiger partial charge >= 0.3 is 6.18 Å². The molecular weight excluding hydrogens is 346 g/mol. The molecule has 0 saturated heterocycles. The molecule has 1 aromatic carbocycles. The van der Waals surface area contributed by atoms with Gasteiger partial charge in [0.25, 0.3) is 0 Å². The largest absolute Gasteiger partial charge is 0.438 e. The first kappa shape index (κ1) is 14.1. The van der Waals surface area contributed by atoms with E-state index in [1.807, 2.05) is 0 Å². The van der Waals surface area contributed by atoms with Gasteiger partial charge in [0.15, 0.2) is 0 Å². The number of aromatic nitrogens is 1. The SMILES string of the molecule is FC(F)(F)c1cc(Cl)nc(Oc2ccccc2Br)c1. The molecule has 1 aromatic heterocycles. The third-order valence-electron chi connectivity index (χ3n) is 2.15. The van der Waals surface area contributed by atoms with Crippen molar-refractivity contribution in [1.82, 2.24) is 4.98 Å². The van der Waals surface area contributed by atoms with Crippen LogP contribution in [0.5, 0.6) is 11.6 Å². The van der Waals surface area contributed by atoms with Gasteiger partial charge in [0.1, 0.15) is 10.9 Å². The Hall–Kier alpha value is -1.27. The van der Waals surface area contributed by atoms with Crippen LogP contribution in [0.15, 0.2) is 40.9 Å². The molecule has 0 amide bonds. The summed E-state index contributed by atoms with van der Waals surface area (Å²) in [5, 5.41) is -0.281. The second kappa shape index (κ2) is 5.38. The Morgan fingerprint density at radius 2 is 1.84 bits per heavy atom. The van der Waals surface area contributed by atoms with Crippen molar-refractivity contribution in [3.8, 4) is 11.6 Å². The summed E-state index contributed by atoms with van der Waals surface area (Å²) in [6.07, 6.45) is -4.50. The number of pyridine rings is 1. The van der Waals surface area contributed by atoms with E-state index in [1.54, 1.807) is 24.3 Å². The molecule has 0 aliphatic carbocycles. The molecule has 0 spiro atoms. The number of ether oxygens (including phenoxy) is 1. The molecule has 2 nitrogen and oxygen atoms in total. The topological polar surface area (TPSA) is 22.1 Å². The second-order valence-electron chi connectivity index (χ2n) is 3.55. The van der Waals surface area contributed by atoms with Gasteiger partial charge in [-0.25, -0.2) is 4.98 Å². The van der Waals surface area contributed by atoms with Gasteiger partial charge in [0, 0.05) is 6.07 Å². The summed E-state index contributed by atoms with van der Waals surface area (Å²) < 4.78 is 43.7. The van der Waals surface area contributed by atoms with Crippen LogP contribution >= 0.6 is 27.5 Å². The Kier molecular flexibility index (Phi) is 4.01. The molecule has 0 radical (unpaired) electrons. The van der Waals surface area contributed by atoms with Crippen molar-refractivity contribution in [1.29, 1.82) is 0 Å². The third kappa shape index (κ3) is 3.61. The predicted octanol–water partition coefficient (Wildman–Crippen LogP) is 5.31. The number of benzene rings is 1. The van der Waals surface area contributed by atoms with E-state index in [4.69, 9.17) is 16.3 Å². The Balaban J connectivity index is 2.36. The maximum atomic E-state index is 12.6. The van der Waals surface area contributed by atoms with E-state index in [0.29, 0.717) is 10.2 Å². The van der Waals surface area contributed by atoms with Crippen molar-refractivity contribution in [2.45, 2.75) is 6.18 Å². The lowest BCUT2D eigenvalue weighted by molar-refractivity contribution is -0.137. The van der Waals surface area contributed by atoms with Crippen molar-refractivity contribution in [2.75, 3.05) is 0 Å². The average molecular weight is 353 g/mol. The normalized spacial score (nSPS) is 11.4. The van der Waals surface area contributed by atoms with Crippen LogP contribution in [-0.4, -0.2) is 4.98 Å². The van der Waals surface area contributed by atoms with Gasteiger partial charge in [-0.15, -0.1) is 0 Å². The first-order chi connectivity index (χ1) is 8.86. The number of alkyl halides is 3. The van der Waals surface area contributed by atoms with E-state index in [0.717, 1.165) is 12.1 Å². The van der Waals surface area contributed by atoms with E-state index in [1.165, 1.54) is 0 Å². The van der Waals surface area contributed by atoms with E-state index in [9.17, 15) is 13.2 Å². The first-order valence-corrected chi connectivity index (χ1v) is 6.20. The van der Waals surface area contributed by atoms with Crippen LogP contribution in [0.2, 0.25) is 5.15 Å². The van der Waals surface area contributed by atoms with Crippen molar-refractivity contribution in [3.05, 3.63) is 51.6 Å². The smallest absolute Gasteiger partial charge is 0.416 e. The molecule has 0 fully saturated rings. The Bertz CT molecular complexity index is 604. The van der Waals surface area contributed by atoms with Gasteiger partial charge in [-0.05, 0) is 34.1 Å². The summed E-state index contributed by atoms with van der Waals surface area (Å²) >= 11 is 8.78. The van der Waals surface area contributed by atoms with Crippen LogP contribution in [0.3, 0.4) is 0 Å². The zero-order valence-electron chi connectivity index (χ0n) is 9.21. The highest BCUT2D eigenvalue weighted by molar-refractivity contribution is 9.10. The van der Waals surface area contributed by atoms with E-state index < -0.39 is 11.7 Å². The minimum atomic E-state index is -4.50. The van der Waals surface area contributed by atoms with Crippen LogP contribution < -0.4 is 4.74 Å². The number of nitrogens with zero attached hydrogens (tertiary/aromatic N) is 1. The number of hydrogen-bond acceptors (Lipinski definition) is 2. The van der Waals surface area contributed by atoms with E-state index in [-0.39, 0.29) is 11.0 Å². The predicted molar refractivity (Wildman–Crippen MR) is 68.5 cm³/mol. The van der Waals surface area contributed by atoms with Crippen LogP contribution in [0, 0.1) is 0 Å². The maximum absolute atomic E-state index is 12.6. The zero-order valence-corrected chi connectivity index (χ0v) is 11.6. The number of halogens is 5. The van der Waals surface area contributed by atoms with Crippen LogP contribution in [0.25, 0.3) is 0 Å². The molecule has 0 aliphatic rings. The number of hydrogen-bond donors (Lipinski definition) is 0. The Labute approximate surface area is 120 Å². The summed E-state index contributed by atoms with van der Waals surface area (Å²) in [6, 6.07) is 8.28. The lowest BCUT2D eigenvalue weighted by Gasteiger charge is -2.10. The van der Waals surface area contributed by atoms with E-state index in [2.05, 4.69) is 20.9 Å². The monoisotopic (exact) mass is 351 g/mol. The molecule has 2 rings (SSSR count). The summed E-state index contributed by atoms with van der Waals surface area (Å²) in [6.45, 7) is 0. The summed E-state index contributed by atoms with van der Waals surface area (Å²) in [5.74, 6) is 0.136. The summed E-state index contributed by atoms with van der Waals surface area (Å²) in [4.78, 5) is 3.71. The molecule has 19 heavy (non-hydrogen) atoms. The average Bonchev–Trinajstić information content (AvgIpc) is 2.30. The molecule has 0 N–H and O–H groups in total. The Morgan fingerprint density at radius 3 is 2.47 bits per heavy atom. The lowest BCUT2D eigenvalue weighted by Crippen LogP contribution is -2.05. The van der Waals surface area contributed by atoms with Crippen molar-refractivity contribution < 1.29 is 17.9 Å². The van der Waals surface area contributed by atoms with Crippen LogP contribution in [-0.2, 0) is 6.18 Å². The quantitative estimate of drug-likeness (QED) is 0.684. The molecule has 100 valence electrons. The molecular formula is C12H6BrClF3NO. The summed E-state index contributed by atoms with van der Waals surface area (Å²) in [7, 11) is 0. The molecule has 2 aromatic rings. The van der Waals surface area contributed by atoms with Gasteiger partial charge in [-0.3, -0.25) is 0 Å². The van der Waals surface area contributed by atoms with Gasteiger partial charge in [0.2, 0.25) is 5.88 Å². The molecule has 0 atom stereocenters. The standard InChI is InChI=1S/C12H6BrClF3NO/c13-8-3-1-2-4-9(8)19-11-6-7(12(15,16)17)5-10(14)18-11/h1-6H. The minimum Gasteiger partial charge on any atom is -0.438 e. The molecule has 0 saturated carbocycles. The number of para-hydroxylation sites is 1. The molecule has 0 unspecified atom stereocenters. The van der Waals surface area contributed by atoms with Crippen molar-refractivity contribution in [3.63, 3.8) is 0 Å². The highest BCUT2D eigenvalue weighted by Gasteiger charge is 2.31. The fraction of sp³-hybridized carbons (Fsp3) is 0.0833. The van der Waals surface area contributed by atoms with Gasteiger partial charge in [0.05, 0.1) is 10.0 Å². The number of rotatable bonds is 2.